The van der Waals surface area contributed by atoms with E-state index in [2.05, 4.69) is 22.5 Å². The topological polar surface area (TPSA) is 86.2 Å². The lowest BCUT2D eigenvalue weighted by atomic mass is 10.1. The standard InChI is InChI=1S/C17H24ClFN4O2/c1-6-12(13(7-2)22-16(24)25-17(3,4)5)21-15-11(19)8-10(9-20)14(18)23-15/h6,8,12-14,21,23H,1,7H2,2-5H3,(H,22,24)/t12-,13+,14?/m1/s1. The third-order valence-corrected chi connectivity index (χ3v) is 3.68. The summed E-state index contributed by atoms with van der Waals surface area (Å²) in [6, 6.07) is 0.960. The van der Waals surface area contributed by atoms with Crippen LogP contribution < -0.4 is 16.0 Å². The lowest BCUT2D eigenvalue weighted by Gasteiger charge is -2.30. The molecule has 0 aromatic rings. The van der Waals surface area contributed by atoms with Gasteiger partial charge in [0.15, 0.2) is 5.83 Å². The van der Waals surface area contributed by atoms with Crippen LogP contribution in [0.1, 0.15) is 34.1 Å². The highest BCUT2D eigenvalue weighted by atomic mass is 35.5. The van der Waals surface area contributed by atoms with Gasteiger partial charge in [0.25, 0.3) is 0 Å². The van der Waals surface area contributed by atoms with Crippen molar-refractivity contribution >= 4 is 17.7 Å². The van der Waals surface area contributed by atoms with Gasteiger partial charge >= 0.3 is 6.09 Å². The minimum Gasteiger partial charge on any atom is -0.444 e. The van der Waals surface area contributed by atoms with Crippen LogP contribution in [0.4, 0.5) is 9.18 Å². The number of nitrogens with one attached hydrogen (secondary N) is 3. The number of hydrogen-bond donors (Lipinski definition) is 3. The van der Waals surface area contributed by atoms with Crippen LogP contribution in [0.25, 0.3) is 0 Å². The normalized spacial score (nSPS) is 19.7. The predicted molar refractivity (Wildman–Crippen MR) is 95.2 cm³/mol. The molecule has 3 N–H and O–H groups in total. The molecule has 0 aliphatic carbocycles. The summed E-state index contributed by atoms with van der Waals surface area (Å²) in [5.74, 6) is -0.610. The van der Waals surface area contributed by atoms with Gasteiger partial charge in [0.05, 0.1) is 23.7 Å². The first-order valence-corrected chi connectivity index (χ1v) is 8.35. The Hall–Kier alpha value is -2.20. The molecule has 0 aromatic carbocycles. The predicted octanol–water partition coefficient (Wildman–Crippen LogP) is 3.19. The SMILES string of the molecule is C=C[C@@H](NC1=C(F)C=C(C#N)C(Cl)N1)[C@H](CC)NC(=O)OC(C)(C)C. The summed E-state index contributed by atoms with van der Waals surface area (Å²) in [6.45, 7) is 10.9. The Morgan fingerprint density at radius 1 is 1.64 bits per heavy atom. The minimum atomic E-state index is -0.837. The first-order chi connectivity index (χ1) is 11.6. The molecule has 8 heteroatoms. The quantitative estimate of drug-likeness (QED) is 0.380. The number of alkyl halides is 1. The van der Waals surface area contributed by atoms with Crippen molar-refractivity contribution in [3.63, 3.8) is 0 Å². The molecule has 1 aliphatic rings. The van der Waals surface area contributed by atoms with Crippen LogP contribution in [-0.2, 0) is 4.74 Å². The van der Waals surface area contributed by atoms with Crippen LogP contribution in [-0.4, -0.2) is 29.3 Å². The smallest absolute Gasteiger partial charge is 0.407 e. The van der Waals surface area contributed by atoms with E-state index in [4.69, 9.17) is 21.6 Å². The molecule has 3 atom stereocenters. The van der Waals surface area contributed by atoms with Crippen molar-refractivity contribution in [2.45, 2.75) is 57.3 Å². The fraction of sp³-hybridized carbons (Fsp3) is 0.529. The van der Waals surface area contributed by atoms with Crippen molar-refractivity contribution in [2.75, 3.05) is 0 Å². The van der Waals surface area contributed by atoms with E-state index in [0.29, 0.717) is 6.42 Å². The minimum absolute atomic E-state index is 0.0355. The molecule has 1 heterocycles. The maximum Gasteiger partial charge on any atom is 0.407 e. The van der Waals surface area contributed by atoms with Crippen molar-refractivity contribution in [2.24, 2.45) is 0 Å². The van der Waals surface area contributed by atoms with E-state index in [-0.39, 0.29) is 17.4 Å². The molecule has 1 unspecified atom stereocenters. The first kappa shape index (κ1) is 20.8. The van der Waals surface area contributed by atoms with Gasteiger partial charge in [0, 0.05) is 0 Å². The number of hydrogen-bond acceptors (Lipinski definition) is 5. The Bertz CT molecular complexity index is 619. The van der Waals surface area contributed by atoms with Gasteiger partial charge in [-0.05, 0) is 33.3 Å². The summed E-state index contributed by atoms with van der Waals surface area (Å²) < 4.78 is 19.4. The number of nitriles is 1. The fourth-order valence-corrected chi connectivity index (χ4v) is 2.37. The van der Waals surface area contributed by atoms with E-state index >= 15 is 0 Å². The molecule has 0 bridgehead atoms. The summed E-state index contributed by atoms with van der Waals surface area (Å²) in [5.41, 5.74) is -1.38. The van der Waals surface area contributed by atoms with E-state index in [1.54, 1.807) is 26.8 Å². The van der Waals surface area contributed by atoms with Crippen molar-refractivity contribution in [3.05, 3.63) is 36.0 Å². The molecular weight excluding hydrogens is 347 g/mol. The van der Waals surface area contributed by atoms with E-state index in [0.717, 1.165) is 6.08 Å². The number of ether oxygens (including phenoxy) is 1. The van der Waals surface area contributed by atoms with Gasteiger partial charge in [-0.1, -0.05) is 24.6 Å². The molecule has 1 aliphatic heterocycles. The van der Waals surface area contributed by atoms with Crippen LogP contribution in [0, 0.1) is 11.3 Å². The molecule has 25 heavy (non-hydrogen) atoms. The first-order valence-electron chi connectivity index (χ1n) is 7.92. The number of nitrogens with zero attached hydrogens (tertiary/aromatic N) is 1. The fourth-order valence-electron chi connectivity index (χ4n) is 2.15. The van der Waals surface area contributed by atoms with Crippen molar-refractivity contribution in [3.8, 4) is 6.07 Å². The number of amides is 1. The monoisotopic (exact) mass is 370 g/mol. The summed E-state index contributed by atoms with van der Waals surface area (Å²) in [7, 11) is 0. The van der Waals surface area contributed by atoms with Crippen LogP contribution in [0.2, 0.25) is 0 Å². The van der Waals surface area contributed by atoms with Gasteiger partial charge in [-0.25, -0.2) is 9.18 Å². The molecule has 6 nitrogen and oxygen atoms in total. The van der Waals surface area contributed by atoms with Crippen LogP contribution in [0.15, 0.2) is 36.0 Å². The average Bonchev–Trinajstić information content (AvgIpc) is 2.51. The second-order valence-corrected chi connectivity index (χ2v) is 6.94. The summed E-state index contributed by atoms with van der Waals surface area (Å²) in [4.78, 5) is 12.0. The molecular formula is C17H24ClFN4O2. The zero-order valence-electron chi connectivity index (χ0n) is 14.8. The van der Waals surface area contributed by atoms with Gasteiger partial charge in [0.2, 0.25) is 0 Å². The van der Waals surface area contributed by atoms with Crippen molar-refractivity contribution < 1.29 is 13.9 Å². The molecule has 1 rings (SSSR count). The molecule has 0 saturated carbocycles. The number of rotatable bonds is 6. The third-order valence-electron chi connectivity index (χ3n) is 3.33. The lowest BCUT2D eigenvalue weighted by molar-refractivity contribution is 0.0496. The number of carbonyl (C=O) groups is 1. The van der Waals surface area contributed by atoms with Gasteiger partial charge in [-0.3, -0.25) is 0 Å². The molecule has 0 saturated heterocycles. The zero-order chi connectivity index (χ0) is 19.2. The lowest BCUT2D eigenvalue weighted by Crippen LogP contribution is -2.51. The van der Waals surface area contributed by atoms with Gasteiger partial charge < -0.3 is 20.7 Å². The third kappa shape index (κ3) is 6.31. The maximum absolute atomic E-state index is 14.1. The van der Waals surface area contributed by atoms with Crippen molar-refractivity contribution in [1.29, 1.82) is 5.26 Å². The number of halogens is 2. The Kier molecular flexibility index (Phi) is 7.31. The Balaban J connectivity index is 2.86. The molecule has 0 aromatic heterocycles. The molecule has 1 amide bonds. The number of alkyl carbamates (subject to hydrolysis) is 1. The second-order valence-electron chi connectivity index (χ2n) is 6.51. The van der Waals surface area contributed by atoms with Gasteiger partial charge in [0.1, 0.15) is 16.9 Å². The Labute approximate surface area is 152 Å². The number of dihydropyridines is 1. The maximum atomic E-state index is 14.1. The molecule has 0 radical (unpaired) electrons. The van der Waals surface area contributed by atoms with Crippen LogP contribution in [0.3, 0.4) is 0 Å². The highest BCUT2D eigenvalue weighted by Gasteiger charge is 2.27. The van der Waals surface area contributed by atoms with Crippen molar-refractivity contribution in [1.82, 2.24) is 16.0 Å². The number of carbonyl (C=O) groups excluding carboxylic acids is 1. The number of allylic oxidation sites excluding steroid dienone is 2. The summed E-state index contributed by atoms with van der Waals surface area (Å²) in [5, 5.41) is 17.2. The van der Waals surface area contributed by atoms with Gasteiger partial charge in [-0.2, -0.15) is 5.26 Å². The second kappa shape index (κ2) is 8.77. The highest BCUT2D eigenvalue weighted by Crippen LogP contribution is 2.20. The van der Waals surface area contributed by atoms with E-state index < -0.39 is 29.1 Å². The van der Waals surface area contributed by atoms with Gasteiger partial charge in [-0.15, -0.1) is 6.58 Å². The largest absolute Gasteiger partial charge is 0.444 e. The highest BCUT2D eigenvalue weighted by molar-refractivity contribution is 6.22. The molecule has 138 valence electrons. The summed E-state index contributed by atoms with van der Waals surface area (Å²) in [6.07, 6.45) is 2.61. The van der Waals surface area contributed by atoms with Crippen LogP contribution in [0.5, 0.6) is 0 Å². The van der Waals surface area contributed by atoms with E-state index in [1.807, 2.05) is 13.0 Å². The van der Waals surface area contributed by atoms with E-state index in [9.17, 15) is 9.18 Å². The Morgan fingerprint density at radius 3 is 2.76 bits per heavy atom. The van der Waals surface area contributed by atoms with E-state index in [1.165, 1.54) is 0 Å². The Morgan fingerprint density at radius 2 is 2.28 bits per heavy atom. The molecule has 0 fully saturated rings. The summed E-state index contributed by atoms with van der Waals surface area (Å²) >= 11 is 5.98. The molecule has 0 spiro atoms. The van der Waals surface area contributed by atoms with Crippen LogP contribution >= 0.6 is 11.6 Å². The average molecular weight is 371 g/mol. The zero-order valence-corrected chi connectivity index (χ0v) is 15.6.